The summed E-state index contributed by atoms with van der Waals surface area (Å²) in [5.41, 5.74) is 6.05. The second-order valence-corrected chi connectivity index (χ2v) is 8.42. The summed E-state index contributed by atoms with van der Waals surface area (Å²) in [7, 11) is 0. The fraction of sp³-hybridized carbons (Fsp3) is 0.522. The molecule has 0 spiro atoms. The van der Waals surface area contributed by atoms with E-state index < -0.39 is 0 Å². The molecule has 1 N–H and O–H groups in total. The summed E-state index contributed by atoms with van der Waals surface area (Å²) >= 11 is 0. The van der Waals surface area contributed by atoms with Crippen LogP contribution in [0.2, 0.25) is 0 Å². The van der Waals surface area contributed by atoms with Gasteiger partial charge in [-0.25, -0.2) is 9.97 Å². The SMILES string of the molecule is O=C(Nc1cccc2c1CCCC2)C1CCc2nc(N3CCCC3)ncc2C1. The second-order valence-electron chi connectivity index (χ2n) is 8.42. The van der Waals surface area contributed by atoms with Crippen LogP contribution in [-0.4, -0.2) is 29.0 Å². The second kappa shape index (κ2) is 7.53. The number of carbonyl (C=O) groups excluding carboxylic acids is 1. The molecule has 1 aliphatic heterocycles. The van der Waals surface area contributed by atoms with Crippen LogP contribution in [-0.2, 0) is 30.5 Å². The third kappa shape index (κ3) is 3.38. The summed E-state index contributed by atoms with van der Waals surface area (Å²) in [5.74, 6) is 1.02. The van der Waals surface area contributed by atoms with Crippen molar-refractivity contribution in [3.8, 4) is 0 Å². The van der Waals surface area contributed by atoms with Gasteiger partial charge in [-0.1, -0.05) is 12.1 Å². The first-order valence-corrected chi connectivity index (χ1v) is 10.8. The number of anilines is 2. The number of benzene rings is 1. The van der Waals surface area contributed by atoms with Gasteiger partial charge in [-0.2, -0.15) is 0 Å². The van der Waals surface area contributed by atoms with E-state index in [1.165, 1.54) is 36.8 Å². The van der Waals surface area contributed by atoms with Gasteiger partial charge in [0.05, 0.1) is 0 Å². The number of amides is 1. The van der Waals surface area contributed by atoms with Crippen LogP contribution in [0, 0.1) is 5.92 Å². The van der Waals surface area contributed by atoms with Crippen molar-refractivity contribution in [3.63, 3.8) is 0 Å². The van der Waals surface area contributed by atoms with Crippen molar-refractivity contribution in [3.05, 3.63) is 46.8 Å². The monoisotopic (exact) mass is 376 g/mol. The van der Waals surface area contributed by atoms with Crippen molar-refractivity contribution in [2.24, 2.45) is 5.92 Å². The van der Waals surface area contributed by atoms with Crippen molar-refractivity contribution in [2.45, 2.75) is 57.8 Å². The Morgan fingerprint density at radius 1 is 1.04 bits per heavy atom. The van der Waals surface area contributed by atoms with Gasteiger partial charge >= 0.3 is 0 Å². The first kappa shape index (κ1) is 17.7. The maximum atomic E-state index is 13.0. The van der Waals surface area contributed by atoms with Gasteiger partial charge in [-0.05, 0) is 80.5 Å². The van der Waals surface area contributed by atoms with E-state index in [4.69, 9.17) is 4.98 Å². The third-order valence-electron chi connectivity index (χ3n) is 6.55. The Morgan fingerprint density at radius 2 is 1.89 bits per heavy atom. The number of hydrogen-bond donors (Lipinski definition) is 1. The van der Waals surface area contributed by atoms with E-state index in [1.54, 1.807) is 0 Å². The average molecular weight is 377 g/mol. The highest BCUT2D eigenvalue weighted by Gasteiger charge is 2.28. The summed E-state index contributed by atoms with van der Waals surface area (Å²) in [4.78, 5) is 24.7. The molecule has 0 radical (unpaired) electrons. The molecule has 2 aromatic rings. The number of fused-ring (bicyclic) bond motifs is 2. The minimum absolute atomic E-state index is 0.00758. The smallest absolute Gasteiger partial charge is 0.227 e. The van der Waals surface area contributed by atoms with Crippen molar-refractivity contribution in [2.75, 3.05) is 23.3 Å². The van der Waals surface area contributed by atoms with Gasteiger partial charge in [0, 0.05) is 36.6 Å². The summed E-state index contributed by atoms with van der Waals surface area (Å²) in [6, 6.07) is 6.34. The molecule has 28 heavy (non-hydrogen) atoms. The number of aryl methyl sites for hydroxylation is 2. The Kier molecular flexibility index (Phi) is 4.75. The highest BCUT2D eigenvalue weighted by molar-refractivity contribution is 5.93. The van der Waals surface area contributed by atoms with Crippen LogP contribution in [0.25, 0.3) is 0 Å². The van der Waals surface area contributed by atoms with E-state index in [0.717, 1.165) is 68.1 Å². The van der Waals surface area contributed by atoms with Gasteiger partial charge in [-0.3, -0.25) is 4.79 Å². The fourth-order valence-electron chi connectivity index (χ4n) is 4.92. The van der Waals surface area contributed by atoms with Crippen LogP contribution < -0.4 is 10.2 Å². The van der Waals surface area contributed by atoms with Gasteiger partial charge in [0.2, 0.25) is 11.9 Å². The molecular formula is C23H28N4O. The summed E-state index contributed by atoms with van der Waals surface area (Å²) < 4.78 is 0. The standard InChI is InChI=1S/C23H28N4O/c28-22(25-21-9-5-7-16-6-1-2-8-19(16)21)17-10-11-20-18(14-17)15-24-23(26-20)27-12-3-4-13-27/h5,7,9,15,17H,1-4,6,8,10-14H2,(H,25,28). The molecule has 0 saturated carbocycles. The molecular weight excluding hydrogens is 348 g/mol. The van der Waals surface area contributed by atoms with Gasteiger partial charge in [-0.15, -0.1) is 0 Å². The first-order valence-electron chi connectivity index (χ1n) is 10.8. The highest BCUT2D eigenvalue weighted by atomic mass is 16.1. The van der Waals surface area contributed by atoms with E-state index in [-0.39, 0.29) is 11.8 Å². The summed E-state index contributed by atoms with van der Waals surface area (Å²) in [6.07, 6.45) is 11.6. The molecule has 1 saturated heterocycles. The normalized spacial score (nSPS) is 21.1. The van der Waals surface area contributed by atoms with Gasteiger partial charge < -0.3 is 10.2 Å². The Bertz CT molecular complexity index is 888. The minimum atomic E-state index is 0.00758. The predicted octanol–water partition coefficient (Wildman–Crippen LogP) is 3.70. The number of rotatable bonds is 3. The molecule has 1 unspecified atom stereocenters. The van der Waals surface area contributed by atoms with E-state index >= 15 is 0 Å². The van der Waals surface area contributed by atoms with Gasteiger partial charge in [0.1, 0.15) is 0 Å². The maximum absolute atomic E-state index is 13.0. The lowest BCUT2D eigenvalue weighted by Crippen LogP contribution is -2.30. The lowest BCUT2D eigenvalue weighted by molar-refractivity contribution is -0.120. The van der Waals surface area contributed by atoms with Crippen molar-refractivity contribution >= 4 is 17.5 Å². The van der Waals surface area contributed by atoms with Crippen LogP contribution in [0.5, 0.6) is 0 Å². The van der Waals surface area contributed by atoms with Crippen LogP contribution >= 0.6 is 0 Å². The number of hydrogen-bond acceptors (Lipinski definition) is 4. The molecule has 2 heterocycles. The molecule has 2 aliphatic carbocycles. The quantitative estimate of drug-likeness (QED) is 0.887. The minimum Gasteiger partial charge on any atom is -0.341 e. The summed E-state index contributed by atoms with van der Waals surface area (Å²) in [5, 5.41) is 3.24. The molecule has 1 aromatic carbocycles. The van der Waals surface area contributed by atoms with Crippen molar-refractivity contribution in [1.82, 2.24) is 9.97 Å². The number of nitrogens with one attached hydrogen (secondary N) is 1. The molecule has 1 atom stereocenters. The maximum Gasteiger partial charge on any atom is 0.227 e. The molecule has 1 amide bonds. The topological polar surface area (TPSA) is 58.1 Å². The van der Waals surface area contributed by atoms with Crippen LogP contribution in [0.3, 0.4) is 0 Å². The zero-order valence-electron chi connectivity index (χ0n) is 16.4. The molecule has 146 valence electrons. The molecule has 1 fully saturated rings. The van der Waals surface area contributed by atoms with Crippen LogP contribution in [0.4, 0.5) is 11.6 Å². The Balaban J connectivity index is 1.29. The van der Waals surface area contributed by atoms with E-state index in [0.29, 0.717) is 0 Å². The zero-order valence-corrected chi connectivity index (χ0v) is 16.4. The van der Waals surface area contributed by atoms with Crippen molar-refractivity contribution in [1.29, 1.82) is 0 Å². The van der Waals surface area contributed by atoms with Crippen LogP contribution in [0.15, 0.2) is 24.4 Å². The Labute approximate surface area is 166 Å². The van der Waals surface area contributed by atoms with Gasteiger partial charge in [0.15, 0.2) is 0 Å². The first-order chi connectivity index (χ1) is 13.8. The molecule has 1 aromatic heterocycles. The van der Waals surface area contributed by atoms with Gasteiger partial charge in [0.25, 0.3) is 0 Å². The van der Waals surface area contributed by atoms with Crippen molar-refractivity contribution < 1.29 is 4.79 Å². The fourth-order valence-corrected chi connectivity index (χ4v) is 4.92. The van der Waals surface area contributed by atoms with E-state index in [1.807, 2.05) is 6.20 Å². The lowest BCUT2D eigenvalue weighted by Gasteiger charge is -2.26. The average Bonchev–Trinajstić information content (AvgIpc) is 3.28. The van der Waals surface area contributed by atoms with E-state index in [2.05, 4.69) is 33.4 Å². The Hall–Kier alpha value is -2.43. The largest absolute Gasteiger partial charge is 0.341 e. The zero-order chi connectivity index (χ0) is 18.9. The molecule has 5 nitrogen and oxygen atoms in total. The number of nitrogens with zero attached hydrogens (tertiary/aromatic N) is 3. The summed E-state index contributed by atoms with van der Waals surface area (Å²) in [6.45, 7) is 2.12. The molecule has 0 bridgehead atoms. The Morgan fingerprint density at radius 3 is 2.79 bits per heavy atom. The number of aromatic nitrogens is 2. The molecule has 5 heteroatoms. The molecule has 3 aliphatic rings. The predicted molar refractivity (Wildman–Crippen MR) is 111 cm³/mol. The third-order valence-corrected chi connectivity index (χ3v) is 6.55. The molecule has 5 rings (SSSR count). The van der Waals surface area contributed by atoms with Crippen LogP contribution in [0.1, 0.15) is 54.5 Å². The number of carbonyl (C=O) groups is 1. The lowest BCUT2D eigenvalue weighted by atomic mass is 9.86. The van der Waals surface area contributed by atoms with E-state index in [9.17, 15) is 4.79 Å². The highest BCUT2D eigenvalue weighted by Crippen LogP contribution is 2.30.